The van der Waals surface area contributed by atoms with Crippen LogP contribution in [-0.2, 0) is 33.7 Å². The van der Waals surface area contributed by atoms with Gasteiger partial charge in [-0.15, -0.1) is 0 Å². The van der Waals surface area contributed by atoms with Crippen LogP contribution < -0.4 is 15.8 Å². The van der Waals surface area contributed by atoms with E-state index in [1.807, 2.05) is 70.2 Å². The van der Waals surface area contributed by atoms with Crippen LogP contribution in [0.5, 0.6) is 5.75 Å². The molecular formula is C30H39N3O6. The highest BCUT2D eigenvalue weighted by Gasteiger charge is 2.17. The molecule has 39 heavy (non-hydrogen) atoms. The van der Waals surface area contributed by atoms with Gasteiger partial charge in [0.05, 0.1) is 18.4 Å². The zero-order valence-electron chi connectivity index (χ0n) is 23.6. The Balaban J connectivity index is 1.65. The number of alkyl carbamates (subject to hydrolysis) is 1. The van der Waals surface area contributed by atoms with E-state index in [1.165, 1.54) is 0 Å². The lowest BCUT2D eigenvalue weighted by Gasteiger charge is -2.20. The van der Waals surface area contributed by atoms with Gasteiger partial charge in [-0.25, -0.2) is 9.78 Å². The third-order valence-electron chi connectivity index (χ3n) is 5.62. The van der Waals surface area contributed by atoms with Crippen molar-refractivity contribution >= 4 is 17.7 Å². The summed E-state index contributed by atoms with van der Waals surface area (Å²) in [4.78, 5) is 28.9. The van der Waals surface area contributed by atoms with Crippen LogP contribution in [0.1, 0.15) is 63.6 Å². The second kappa shape index (κ2) is 13.2. The van der Waals surface area contributed by atoms with Gasteiger partial charge in [0.15, 0.2) is 0 Å². The Labute approximate surface area is 230 Å². The second-order valence-corrected chi connectivity index (χ2v) is 10.6. The topological polar surface area (TPSA) is 126 Å². The molecule has 1 aromatic heterocycles. The number of amides is 1. The van der Waals surface area contributed by atoms with Crippen molar-refractivity contribution in [1.82, 2.24) is 10.3 Å². The van der Waals surface area contributed by atoms with Gasteiger partial charge in [0.1, 0.15) is 17.1 Å². The molecule has 0 aliphatic rings. The first-order chi connectivity index (χ1) is 18.4. The van der Waals surface area contributed by atoms with Crippen LogP contribution in [0, 0.1) is 6.92 Å². The molecule has 0 spiro atoms. The number of oxazole rings is 1. The van der Waals surface area contributed by atoms with Gasteiger partial charge in [-0.1, -0.05) is 6.07 Å². The Morgan fingerprint density at radius 3 is 2.44 bits per heavy atom. The molecule has 3 N–H and O–H groups in total. The number of anilines is 1. The Hall–Kier alpha value is -4.01. The number of ether oxygens (including phenoxy) is 3. The molecule has 0 saturated carbocycles. The SMILES string of the molecule is Cc1oc(-c2ccc(N)cc2)nc1CCOc1ccc(CCC(=O)OC(C)(C)C)c(CNC(=O)OC(C)C)c1. The maximum Gasteiger partial charge on any atom is 0.407 e. The van der Waals surface area contributed by atoms with Gasteiger partial charge in [0.2, 0.25) is 5.89 Å². The molecule has 0 aliphatic heterocycles. The zero-order valence-corrected chi connectivity index (χ0v) is 23.6. The van der Waals surface area contributed by atoms with Crippen molar-refractivity contribution in [3.8, 4) is 17.2 Å². The average Bonchev–Trinajstić information content (AvgIpc) is 3.21. The number of carbonyl (C=O) groups excluding carboxylic acids is 2. The van der Waals surface area contributed by atoms with Gasteiger partial charge in [-0.3, -0.25) is 4.79 Å². The lowest BCUT2D eigenvalue weighted by Crippen LogP contribution is -2.27. The van der Waals surface area contributed by atoms with Crippen molar-refractivity contribution in [3.63, 3.8) is 0 Å². The third kappa shape index (κ3) is 9.67. The molecule has 2 aromatic carbocycles. The van der Waals surface area contributed by atoms with E-state index in [4.69, 9.17) is 24.4 Å². The molecule has 0 saturated heterocycles. The van der Waals surface area contributed by atoms with Crippen LogP contribution >= 0.6 is 0 Å². The number of hydrogen-bond acceptors (Lipinski definition) is 8. The summed E-state index contributed by atoms with van der Waals surface area (Å²) in [6, 6.07) is 13.0. The van der Waals surface area contributed by atoms with Crippen molar-refractivity contribution in [1.29, 1.82) is 0 Å². The predicted molar refractivity (Wildman–Crippen MR) is 149 cm³/mol. The summed E-state index contributed by atoms with van der Waals surface area (Å²) in [6.07, 6.45) is 0.513. The number of aromatic nitrogens is 1. The summed E-state index contributed by atoms with van der Waals surface area (Å²) >= 11 is 0. The molecule has 0 aliphatic carbocycles. The maximum atomic E-state index is 12.3. The van der Waals surface area contributed by atoms with Crippen LogP contribution in [0.2, 0.25) is 0 Å². The van der Waals surface area contributed by atoms with E-state index in [0.717, 1.165) is 28.1 Å². The molecule has 0 fully saturated rings. The maximum absolute atomic E-state index is 12.3. The molecule has 1 amide bonds. The Morgan fingerprint density at radius 1 is 1.05 bits per heavy atom. The minimum atomic E-state index is -0.544. The molecule has 0 atom stereocenters. The van der Waals surface area contributed by atoms with Crippen molar-refractivity contribution in [2.75, 3.05) is 12.3 Å². The molecule has 210 valence electrons. The molecule has 3 aromatic rings. The first-order valence-corrected chi connectivity index (χ1v) is 13.1. The highest BCUT2D eigenvalue weighted by molar-refractivity contribution is 5.70. The fourth-order valence-electron chi connectivity index (χ4n) is 3.83. The smallest absolute Gasteiger partial charge is 0.407 e. The van der Waals surface area contributed by atoms with E-state index >= 15 is 0 Å². The highest BCUT2D eigenvalue weighted by Crippen LogP contribution is 2.24. The normalized spacial score (nSPS) is 11.4. The van der Waals surface area contributed by atoms with E-state index in [9.17, 15) is 9.59 Å². The van der Waals surface area contributed by atoms with Crippen LogP contribution in [0.25, 0.3) is 11.5 Å². The molecule has 1 heterocycles. The summed E-state index contributed by atoms with van der Waals surface area (Å²) in [5, 5.41) is 2.77. The molecule has 0 unspecified atom stereocenters. The predicted octanol–water partition coefficient (Wildman–Crippen LogP) is 5.76. The summed E-state index contributed by atoms with van der Waals surface area (Å²) in [7, 11) is 0. The molecule has 0 radical (unpaired) electrons. The summed E-state index contributed by atoms with van der Waals surface area (Å²) < 4.78 is 22.5. The van der Waals surface area contributed by atoms with Crippen molar-refractivity contribution in [2.45, 2.75) is 79.1 Å². The van der Waals surface area contributed by atoms with Crippen LogP contribution in [-0.4, -0.2) is 35.4 Å². The van der Waals surface area contributed by atoms with Crippen molar-refractivity contribution < 1.29 is 28.2 Å². The van der Waals surface area contributed by atoms with Crippen LogP contribution in [0.3, 0.4) is 0 Å². The first kappa shape index (κ1) is 29.5. The molecular weight excluding hydrogens is 498 g/mol. The molecule has 0 bridgehead atoms. The summed E-state index contributed by atoms with van der Waals surface area (Å²) in [6.45, 7) is 11.6. The number of nitrogen functional groups attached to an aromatic ring is 1. The van der Waals surface area contributed by atoms with Crippen molar-refractivity contribution in [2.24, 2.45) is 0 Å². The van der Waals surface area contributed by atoms with Gasteiger partial charge >= 0.3 is 12.1 Å². The lowest BCUT2D eigenvalue weighted by atomic mass is 10.0. The van der Waals surface area contributed by atoms with E-state index in [1.54, 1.807) is 13.8 Å². The number of carbonyl (C=O) groups is 2. The van der Waals surface area contributed by atoms with E-state index in [2.05, 4.69) is 10.3 Å². The van der Waals surface area contributed by atoms with E-state index in [-0.39, 0.29) is 25.0 Å². The van der Waals surface area contributed by atoms with E-state index < -0.39 is 11.7 Å². The summed E-state index contributed by atoms with van der Waals surface area (Å²) in [5.74, 6) is 1.64. The number of nitrogens with zero attached hydrogens (tertiary/aromatic N) is 1. The zero-order chi connectivity index (χ0) is 28.6. The van der Waals surface area contributed by atoms with Gasteiger partial charge in [-0.05, 0) is 95.5 Å². The number of benzene rings is 2. The number of nitrogens with two attached hydrogens (primary N) is 1. The van der Waals surface area contributed by atoms with E-state index in [0.29, 0.717) is 36.8 Å². The highest BCUT2D eigenvalue weighted by atomic mass is 16.6. The van der Waals surface area contributed by atoms with Gasteiger partial charge in [0.25, 0.3) is 0 Å². The van der Waals surface area contributed by atoms with Crippen LogP contribution in [0.4, 0.5) is 10.5 Å². The second-order valence-electron chi connectivity index (χ2n) is 10.6. The van der Waals surface area contributed by atoms with Gasteiger partial charge in [-0.2, -0.15) is 0 Å². The molecule has 3 rings (SSSR count). The largest absolute Gasteiger partial charge is 0.493 e. The quantitative estimate of drug-likeness (QED) is 0.233. The number of aryl methyl sites for hydroxylation is 2. The average molecular weight is 538 g/mol. The standard InChI is InChI=1S/C30H39N3O6/c1-19(2)37-29(35)32-18-23-17-25(13-9-21(23)10-14-27(34)39-30(4,5)6)36-16-15-26-20(3)38-28(33-26)22-7-11-24(31)12-8-22/h7-9,11-13,17,19H,10,14-16,18,31H2,1-6H3,(H,32,35). The molecule has 9 nitrogen and oxygen atoms in total. The number of esters is 1. The minimum Gasteiger partial charge on any atom is -0.493 e. The number of rotatable bonds is 11. The Bertz CT molecular complexity index is 1260. The fourth-order valence-corrected chi connectivity index (χ4v) is 3.83. The molecule has 9 heteroatoms. The monoisotopic (exact) mass is 537 g/mol. The fraction of sp³-hybridized carbons (Fsp3) is 0.433. The number of hydrogen-bond donors (Lipinski definition) is 2. The number of nitrogens with one attached hydrogen (secondary N) is 1. The lowest BCUT2D eigenvalue weighted by molar-refractivity contribution is -0.154. The summed E-state index contributed by atoms with van der Waals surface area (Å²) in [5.41, 5.74) is 9.32. The minimum absolute atomic E-state index is 0.225. The third-order valence-corrected chi connectivity index (χ3v) is 5.62. The Morgan fingerprint density at radius 2 is 1.77 bits per heavy atom. The Kier molecular flexibility index (Phi) is 9.98. The van der Waals surface area contributed by atoms with Crippen molar-refractivity contribution in [3.05, 3.63) is 65.0 Å². The van der Waals surface area contributed by atoms with Gasteiger partial charge < -0.3 is 29.7 Å². The first-order valence-electron chi connectivity index (χ1n) is 13.1. The van der Waals surface area contributed by atoms with Gasteiger partial charge in [0, 0.05) is 30.6 Å². The van der Waals surface area contributed by atoms with Crippen LogP contribution in [0.15, 0.2) is 46.9 Å².